The van der Waals surface area contributed by atoms with E-state index in [1.807, 2.05) is 85.9 Å². The first-order valence-electron chi connectivity index (χ1n) is 13.4. The van der Waals surface area contributed by atoms with E-state index in [9.17, 15) is 9.59 Å². The molecule has 1 aliphatic rings. The number of carbonyl (C=O) groups is 2. The summed E-state index contributed by atoms with van der Waals surface area (Å²) in [5, 5.41) is 6.22. The molecule has 1 aliphatic heterocycles. The van der Waals surface area contributed by atoms with Gasteiger partial charge in [0.1, 0.15) is 6.10 Å². The van der Waals surface area contributed by atoms with E-state index in [1.165, 1.54) is 5.56 Å². The van der Waals surface area contributed by atoms with E-state index in [0.29, 0.717) is 12.1 Å². The van der Waals surface area contributed by atoms with Crippen molar-refractivity contribution in [3.05, 3.63) is 90.0 Å². The summed E-state index contributed by atoms with van der Waals surface area (Å²) in [5.74, 6) is 0.0330. The summed E-state index contributed by atoms with van der Waals surface area (Å²) < 4.78 is 5.74. The fourth-order valence-corrected chi connectivity index (χ4v) is 4.65. The Kier molecular flexibility index (Phi) is 9.90. The number of hydrogen-bond donors (Lipinski definition) is 2. The van der Waals surface area contributed by atoms with Crippen molar-refractivity contribution in [3.63, 3.8) is 0 Å². The van der Waals surface area contributed by atoms with E-state index in [2.05, 4.69) is 22.5 Å². The lowest BCUT2D eigenvalue weighted by molar-refractivity contribution is 0.0540. The van der Waals surface area contributed by atoms with E-state index in [4.69, 9.17) is 4.74 Å². The van der Waals surface area contributed by atoms with Crippen LogP contribution in [0, 0.1) is 0 Å². The van der Waals surface area contributed by atoms with Crippen molar-refractivity contribution in [2.24, 2.45) is 0 Å². The van der Waals surface area contributed by atoms with Gasteiger partial charge in [0.25, 0.3) is 5.91 Å². The Bertz CT molecular complexity index is 1180. The molecule has 3 aromatic rings. The van der Waals surface area contributed by atoms with Gasteiger partial charge in [-0.1, -0.05) is 67.6 Å². The van der Waals surface area contributed by atoms with Crippen LogP contribution < -0.4 is 10.6 Å². The summed E-state index contributed by atoms with van der Waals surface area (Å²) in [7, 11) is 1.85. The third-order valence-corrected chi connectivity index (χ3v) is 6.94. The summed E-state index contributed by atoms with van der Waals surface area (Å²) in [6.45, 7) is 6.92. The summed E-state index contributed by atoms with van der Waals surface area (Å²) in [4.78, 5) is 29.6. The van der Waals surface area contributed by atoms with Gasteiger partial charge in [-0.25, -0.2) is 4.79 Å². The highest BCUT2D eigenvalue weighted by atomic mass is 16.6. The van der Waals surface area contributed by atoms with E-state index >= 15 is 0 Å². The van der Waals surface area contributed by atoms with Crippen LogP contribution >= 0.6 is 0 Å². The molecule has 0 saturated carbocycles. The Hall–Kier alpha value is -3.68. The van der Waals surface area contributed by atoms with Crippen molar-refractivity contribution in [1.29, 1.82) is 0 Å². The number of piperidine rings is 1. The number of hydrogen-bond acceptors (Lipinski definition) is 5. The number of anilines is 1. The molecule has 1 fully saturated rings. The zero-order valence-electron chi connectivity index (χ0n) is 22.4. The highest BCUT2D eigenvalue weighted by molar-refractivity contribution is 5.94. The second-order valence-electron chi connectivity index (χ2n) is 9.69. The minimum Gasteiger partial charge on any atom is -0.446 e. The first kappa shape index (κ1) is 27.4. The summed E-state index contributed by atoms with van der Waals surface area (Å²) in [6.07, 6.45) is 1.01. The zero-order chi connectivity index (χ0) is 26.7. The fraction of sp³-hybridized carbons (Fsp3) is 0.355. The first-order valence-corrected chi connectivity index (χ1v) is 13.4. The van der Waals surface area contributed by atoms with Crippen LogP contribution in [-0.4, -0.2) is 67.7 Å². The molecule has 3 aromatic carbocycles. The fourth-order valence-electron chi connectivity index (χ4n) is 4.65. The first-order chi connectivity index (χ1) is 18.5. The molecule has 1 saturated heterocycles. The SMILES string of the molecule is CCNCc1ccc(C(=O)N(C)CCN2CCC(OC(=O)Nc3ccccc3-c3ccccc3)CC2)cc1. The molecule has 0 aromatic heterocycles. The molecule has 0 atom stereocenters. The van der Waals surface area contributed by atoms with Crippen molar-refractivity contribution in [1.82, 2.24) is 15.1 Å². The Morgan fingerprint density at radius 2 is 1.63 bits per heavy atom. The van der Waals surface area contributed by atoms with Gasteiger partial charge in [-0.3, -0.25) is 10.1 Å². The molecule has 2 amide bonds. The van der Waals surface area contributed by atoms with E-state index in [1.54, 1.807) is 4.90 Å². The molecule has 0 radical (unpaired) electrons. The summed E-state index contributed by atoms with van der Waals surface area (Å²) >= 11 is 0. The van der Waals surface area contributed by atoms with Crippen LogP contribution in [0.2, 0.25) is 0 Å². The lowest BCUT2D eigenvalue weighted by Gasteiger charge is -2.32. The molecule has 7 heteroatoms. The Morgan fingerprint density at radius 1 is 0.947 bits per heavy atom. The molecule has 200 valence electrons. The van der Waals surface area contributed by atoms with Crippen LogP contribution in [0.5, 0.6) is 0 Å². The second-order valence-corrected chi connectivity index (χ2v) is 9.69. The van der Waals surface area contributed by atoms with Crippen molar-refractivity contribution >= 4 is 17.7 Å². The highest BCUT2D eigenvalue weighted by Crippen LogP contribution is 2.28. The van der Waals surface area contributed by atoms with Gasteiger partial charge in [-0.2, -0.15) is 0 Å². The predicted octanol–water partition coefficient (Wildman–Crippen LogP) is 5.25. The van der Waals surface area contributed by atoms with Gasteiger partial charge in [0, 0.05) is 50.9 Å². The molecule has 7 nitrogen and oxygen atoms in total. The minimum atomic E-state index is -0.423. The van der Waals surface area contributed by atoms with Gasteiger partial charge in [-0.05, 0) is 48.7 Å². The Morgan fingerprint density at radius 3 is 2.34 bits per heavy atom. The molecule has 0 unspecified atom stereocenters. The van der Waals surface area contributed by atoms with Crippen LogP contribution in [0.25, 0.3) is 11.1 Å². The maximum atomic E-state index is 12.8. The highest BCUT2D eigenvalue weighted by Gasteiger charge is 2.23. The number of nitrogens with zero attached hydrogens (tertiary/aromatic N) is 2. The van der Waals surface area contributed by atoms with E-state index in [0.717, 1.165) is 62.4 Å². The quantitative estimate of drug-likeness (QED) is 0.387. The number of likely N-dealkylation sites (N-methyl/N-ethyl adjacent to an activating group) is 1. The molecule has 38 heavy (non-hydrogen) atoms. The molecule has 1 heterocycles. The second kappa shape index (κ2) is 13.7. The van der Waals surface area contributed by atoms with Crippen molar-refractivity contribution in [2.45, 2.75) is 32.4 Å². The predicted molar refractivity (Wildman–Crippen MR) is 152 cm³/mol. The minimum absolute atomic E-state index is 0.0330. The normalized spacial score (nSPS) is 14.2. The number of ether oxygens (including phenoxy) is 1. The molecular formula is C31H38N4O3. The average Bonchev–Trinajstić information content (AvgIpc) is 2.96. The zero-order valence-corrected chi connectivity index (χ0v) is 22.4. The molecule has 2 N–H and O–H groups in total. The van der Waals surface area contributed by atoms with Crippen molar-refractivity contribution in [3.8, 4) is 11.1 Å². The number of carbonyl (C=O) groups excluding carboxylic acids is 2. The van der Waals surface area contributed by atoms with Crippen molar-refractivity contribution < 1.29 is 14.3 Å². The molecule has 4 rings (SSSR count). The number of rotatable bonds is 10. The number of nitrogens with one attached hydrogen (secondary N) is 2. The topological polar surface area (TPSA) is 73.9 Å². The molecule has 0 spiro atoms. The lowest BCUT2D eigenvalue weighted by atomic mass is 10.0. The number of para-hydroxylation sites is 1. The van der Waals surface area contributed by atoms with Crippen LogP contribution in [0.1, 0.15) is 35.7 Å². The van der Waals surface area contributed by atoms with Crippen LogP contribution in [-0.2, 0) is 11.3 Å². The van der Waals surface area contributed by atoms with Crippen molar-refractivity contribution in [2.75, 3.05) is 45.1 Å². The van der Waals surface area contributed by atoms with Crippen LogP contribution in [0.15, 0.2) is 78.9 Å². The standard InChI is InChI=1S/C31H38N4O3/c1-3-32-23-24-13-15-26(16-14-24)30(36)34(2)21-22-35-19-17-27(18-20-35)38-31(37)33-29-12-8-7-11-28(29)25-9-5-4-6-10-25/h4-16,27,32H,3,17-23H2,1-2H3,(H,33,37). The third-order valence-electron chi connectivity index (χ3n) is 6.94. The smallest absolute Gasteiger partial charge is 0.411 e. The average molecular weight is 515 g/mol. The molecular weight excluding hydrogens is 476 g/mol. The van der Waals surface area contributed by atoms with Crippen LogP contribution in [0.3, 0.4) is 0 Å². The summed E-state index contributed by atoms with van der Waals surface area (Å²) in [5.41, 5.74) is 4.62. The van der Waals surface area contributed by atoms with Gasteiger partial charge in [0.15, 0.2) is 0 Å². The maximum absolute atomic E-state index is 12.8. The Labute approximate surface area is 225 Å². The largest absolute Gasteiger partial charge is 0.446 e. The lowest BCUT2D eigenvalue weighted by Crippen LogP contribution is -2.42. The number of amides is 2. The van der Waals surface area contributed by atoms with Gasteiger partial charge in [-0.15, -0.1) is 0 Å². The molecule has 0 bridgehead atoms. The Balaban J connectivity index is 1.19. The summed E-state index contributed by atoms with van der Waals surface area (Å²) in [6, 6.07) is 25.5. The third kappa shape index (κ3) is 7.66. The van der Waals surface area contributed by atoms with Gasteiger partial charge in [0.05, 0.1) is 5.69 Å². The molecule has 0 aliphatic carbocycles. The number of likely N-dealkylation sites (tertiary alicyclic amines) is 1. The van der Waals surface area contributed by atoms with Gasteiger partial charge < -0.3 is 19.9 Å². The van der Waals surface area contributed by atoms with Gasteiger partial charge >= 0.3 is 6.09 Å². The van der Waals surface area contributed by atoms with E-state index < -0.39 is 6.09 Å². The van der Waals surface area contributed by atoms with Gasteiger partial charge in [0.2, 0.25) is 0 Å². The monoisotopic (exact) mass is 514 g/mol. The van der Waals surface area contributed by atoms with E-state index in [-0.39, 0.29) is 12.0 Å². The maximum Gasteiger partial charge on any atom is 0.411 e. The number of benzene rings is 3. The van der Waals surface area contributed by atoms with Crippen LogP contribution in [0.4, 0.5) is 10.5 Å².